The van der Waals surface area contributed by atoms with Gasteiger partial charge in [0.25, 0.3) is 5.91 Å². The van der Waals surface area contributed by atoms with Crippen LogP contribution in [0.15, 0.2) is 29.6 Å². The van der Waals surface area contributed by atoms with Gasteiger partial charge in [0.15, 0.2) is 0 Å². The topological polar surface area (TPSA) is 82.6 Å². The van der Waals surface area contributed by atoms with Crippen LogP contribution < -0.4 is 10.2 Å². The van der Waals surface area contributed by atoms with Crippen molar-refractivity contribution >= 4 is 34.7 Å². The molecule has 8 heteroatoms. The maximum Gasteiger partial charge on any atom is 0.257 e. The van der Waals surface area contributed by atoms with E-state index in [-0.39, 0.29) is 30.7 Å². The summed E-state index contributed by atoms with van der Waals surface area (Å²) >= 11 is 1.54. The molecule has 2 aromatic rings. The van der Waals surface area contributed by atoms with Gasteiger partial charge in [-0.05, 0) is 32.4 Å². The quantitative estimate of drug-likeness (QED) is 0.839. The van der Waals surface area contributed by atoms with Crippen molar-refractivity contribution < 1.29 is 14.4 Å². The van der Waals surface area contributed by atoms with E-state index in [4.69, 9.17) is 0 Å². The zero-order chi connectivity index (χ0) is 19.9. The molecule has 0 bridgehead atoms. The molecule has 2 aliphatic rings. The fourth-order valence-electron chi connectivity index (χ4n) is 4.02. The van der Waals surface area contributed by atoms with E-state index in [2.05, 4.69) is 10.3 Å². The smallest absolute Gasteiger partial charge is 0.257 e. The van der Waals surface area contributed by atoms with Crippen LogP contribution in [0.5, 0.6) is 0 Å². The minimum atomic E-state index is -0.727. The molecule has 1 aromatic carbocycles. The fourth-order valence-corrected chi connectivity index (χ4v) is 4.63. The molecule has 0 aliphatic carbocycles. The highest BCUT2D eigenvalue weighted by atomic mass is 32.1. The molecule has 0 radical (unpaired) electrons. The van der Waals surface area contributed by atoms with Crippen molar-refractivity contribution in [2.24, 2.45) is 0 Å². The third-order valence-electron chi connectivity index (χ3n) is 5.44. The highest BCUT2D eigenvalue weighted by Crippen LogP contribution is 2.43. The Labute approximate surface area is 167 Å². The number of hydrogen-bond acceptors (Lipinski definition) is 5. The normalized spacial score (nSPS) is 20.9. The molecule has 7 nitrogen and oxygen atoms in total. The number of aryl methyl sites for hydroxylation is 1. The monoisotopic (exact) mass is 398 g/mol. The Morgan fingerprint density at radius 1 is 1.32 bits per heavy atom. The number of rotatable bonds is 5. The number of anilines is 1. The summed E-state index contributed by atoms with van der Waals surface area (Å²) in [6.45, 7) is 4.46. The molecule has 1 saturated heterocycles. The van der Waals surface area contributed by atoms with Gasteiger partial charge in [-0.1, -0.05) is 12.1 Å². The minimum absolute atomic E-state index is 0.0100. The number of amides is 3. The van der Waals surface area contributed by atoms with E-state index in [9.17, 15) is 14.4 Å². The third-order valence-corrected chi connectivity index (χ3v) is 6.26. The van der Waals surface area contributed by atoms with E-state index in [1.807, 2.05) is 31.4 Å². The number of hydrogen-bond donors (Lipinski definition) is 1. The Balaban J connectivity index is 1.48. The number of nitrogens with zero attached hydrogens (tertiary/aromatic N) is 3. The number of para-hydroxylation sites is 1. The van der Waals surface area contributed by atoms with Gasteiger partial charge in [-0.15, -0.1) is 11.3 Å². The Morgan fingerprint density at radius 3 is 2.86 bits per heavy atom. The molecule has 1 fully saturated rings. The van der Waals surface area contributed by atoms with Gasteiger partial charge in [-0.2, -0.15) is 0 Å². The zero-order valence-corrected chi connectivity index (χ0v) is 16.7. The predicted molar refractivity (Wildman–Crippen MR) is 106 cm³/mol. The summed E-state index contributed by atoms with van der Waals surface area (Å²) in [7, 11) is 0. The molecule has 28 heavy (non-hydrogen) atoms. The first-order valence-electron chi connectivity index (χ1n) is 9.32. The fraction of sp³-hybridized carbons (Fsp3) is 0.400. The molecule has 1 unspecified atom stereocenters. The van der Waals surface area contributed by atoms with E-state index in [1.54, 1.807) is 33.3 Å². The van der Waals surface area contributed by atoms with Gasteiger partial charge in [0.2, 0.25) is 11.8 Å². The number of carbonyl (C=O) groups is 3. The van der Waals surface area contributed by atoms with E-state index in [0.717, 1.165) is 10.7 Å². The van der Waals surface area contributed by atoms with Crippen molar-refractivity contribution in [1.82, 2.24) is 15.2 Å². The first-order valence-corrected chi connectivity index (χ1v) is 10.2. The standard InChI is InChI=1S/C20H22N4O3S/c1-13-22-14(12-28-13)11-21-17(25)8-10-23-19(27)15-5-3-4-6-16(15)24-18(26)7-9-20(23,24)2/h3-6,12H,7-11H2,1-2H3,(H,21,25). The van der Waals surface area contributed by atoms with Crippen LogP contribution in [0.25, 0.3) is 0 Å². The lowest BCUT2D eigenvalue weighted by atomic mass is 9.98. The summed E-state index contributed by atoms with van der Waals surface area (Å²) in [5, 5.41) is 5.73. The average molecular weight is 398 g/mol. The number of carbonyl (C=O) groups excluding carboxylic acids is 3. The first-order chi connectivity index (χ1) is 13.4. The van der Waals surface area contributed by atoms with Crippen molar-refractivity contribution in [3.05, 3.63) is 45.9 Å². The Morgan fingerprint density at radius 2 is 2.11 bits per heavy atom. The van der Waals surface area contributed by atoms with E-state index in [0.29, 0.717) is 30.6 Å². The largest absolute Gasteiger partial charge is 0.350 e. The molecule has 0 saturated carbocycles. The molecule has 0 spiro atoms. The van der Waals surface area contributed by atoms with Crippen LogP contribution in [0.4, 0.5) is 5.69 Å². The summed E-state index contributed by atoms with van der Waals surface area (Å²) in [5.41, 5.74) is 1.28. The molecule has 3 heterocycles. The van der Waals surface area contributed by atoms with Gasteiger partial charge in [-0.25, -0.2) is 4.98 Å². The number of nitrogens with one attached hydrogen (secondary N) is 1. The second-order valence-electron chi connectivity index (χ2n) is 7.30. The van der Waals surface area contributed by atoms with Crippen molar-refractivity contribution in [2.45, 2.75) is 45.3 Å². The highest BCUT2D eigenvalue weighted by molar-refractivity contribution is 7.09. The summed E-state index contributed by atoms with van der Waals surface area (Å²) in [4.78, 5) is 45.7. The second kappa shape index (κ2) is 7.01. The van der Waals surface area contributed by atoms with Crippen LogP contribution in [-0.4, -0.2) is 39.8 Å². The molecule has 1 N–H and O–H groups in total. The Bertz CT molecular complexity index is 956. The summed E-state index contributed by atoms with van der Waals surface area (Å²) < 4.78 is 0. The maximum absolute atomic E-state index is 13.1. The lowest BCUT2D eigenvalue weighted by molar-refractivity contribution is -0.121. The van der Waals surface area contributed by atoms with Gasteiger partial charge >= 0.3 is 0 Å². The van der Waals surface area contributed by atoms with E-state index >= 15 is 0 Å². The summed E-state index contributed by atoms with van der Waals surface area (Å²) in [6, 6.07) is 7.18. The van der Waals surface area contributed by atoms with Crippen molar-refractivity contribution in [2.75, 3.05) is 11.4 Å². The lowest BCUT2D eigenvalue weighted by Crippen LogP contribution is -2.62. The molecule has 4 rings (SSSR count). The summed E-state index contributed by atoms with van der Waals surface area (Å²) in [5.74, 6) is -0.264. The third kappa shape index (κ3) is 3.07. The van der Waals surface area contributed by atoms with Gasteiger partial charge in [0, 0.05) is 24.8 Å². The van der Waals surface area contributed by atoms with Crippen LogP contribution in [0, 0.1) is 6.92 Å². The second-order valence-corrected chi connectivity index (χ2v) is 8.37. The lowest BCUT2D eigenvalue weighted by Gasteiger charge is -2.48. The number of thiazole rings is 1. The molecular weight excluding hydrogens is 376 g/mol. The van der Waals surface area contributed by atoms with Crippen molar-refractivity contribution in [1.29, 1.82) is 0 Å². The van der Waals surface area contributed by atoms with Crippen LogP contribution in [-0.2, 0) is 16.1 Å². The predicted octanol–water partition coefficient (Wildman–Crippen LogP) is 2.46. The number of fused-ring (bicyclic) bond motifs is 3. The van der Waals surface area contributed by atoms with E-state index in [1.165, 1.54) is 0 Å². The molecule has 1 atom stereocenters. The Hall–Kier alpha value is -2.74. The number of aromatic nitrogens is 1. The van der Waals surface area contributed by atoms with Crippen LogP contribution in [0.3, 0.4) is 0 Å². The molecular formula is C20H22N4O3S. The van der Waals surface area contributed by atoms with Gasteiger partial charge in [0.1, 0.15) is 5.66 Å². The van der Waals surface area contributed by atoms with Crippen molar-refractivity contribution in [3.63, 3.8) is 0 Å². The van der Waals surface area contributed by atoms with Crippen LogP contribution >= 0.6 is 11.3 Å². The van der Waals surface area contributed by atoms with Gasteiger partial charge in [-0.3, -0.25) is 19.3 Å². The Kier molecular flexibility index (Phi) is 4.66. The average Bonchev–Trinajstić information content (AvgIpc) is 3.23. The molecule has 3 amide bonds. The van der Waals surface area contributed by atoms with Crippen LogP contribution in [0.2, 0.25) is 0 Å². The molecule has 2 aliphatic heterocycles. The number of benzene rings is 1. The maximum atomic E-state index is 13.1. The molecule has 146 valence electrons. The van der Waals surface area contributed by atoms with Gasteiger partial charge in [0.05, 0.1) is 28.5 Å². The van der Waals surface area contributed by atoms with Crippen molar-refractivity contribution in [3.8, 4) is 0 Å². The minimum Gasteiger partial charge on any atom is -0.350 e. The highest BCUT2D eigenvalue weighted by Gasteiger charge is 2.52. The summed E-state index contributed by atoms with van der Waals surface area (Å²) in [6.07, 6.45) is 1.13. The van der Waals surface area contributed by atoms with Gasteiger partial charge < -0.3 is 10.2 Å². The zero-order valence-electron chi connectivity index (χ0n) is 15.9. The first kappa shape index (κ1) is 18.6. The van der Waals surface area contributed by atoms with E-state index < -0.39 is 5.66 Å². The SMILES string of the molecule is Cc1nc(CNC(=O)CCN2C(=O)c3ccccc3N3C(=O)CCC23C)cs1. The molecule has 1 aromatic heterocycles. The van der Waals surface area contributed by atoms with Crippen LogP contribution in [0.1, 0.15) is 47.2 Å².